The first-order valence-electron chi connectivity index (χ1n) is 15.4. The van der Waals surface area contributed by atoms with Gasteiger partial charge in [0.05, 0.1) is 18.4 Å². The fourth-order valence-corrected chi connectivity index (χ4v) is 6.84. The molecule has 0 radical (unpaired) electrons. The Hall–Kier alpha value is 0.150. The van der Waals surface area contributed by atoms with Crippen LogP contribution in [0.1, 0.15) is 176 Å². The standard InChI is InChI=1S/C30H63O3P/c1-6-7-8-9-10-11-12-13-14-15-16-17-18-19-20-21-22-23-24-25-26-27-28-34(31,32-29(2)3)33-30(4)5/h29-30H,6-28H2,1-5H3. The second-order valence-electron chi connectivity index (χ2n) is 11.1. The van der Waals surface area contributed by atoms with Gasteiger partial charge in [0, 0.05) is 0 Å². The summed E-state index contributed by atoms with van der Waals surface area (Å²) in [6.07, 6.45) is 30.8. The summed E-state index contributed by atoms with van der Waals surface area (Å²) in [6.45, 7) is 10.00. The molecule has 0 unspecified atom stereocenters. The zero-order valence-electron chi connectivity index (χ0n) is 24.1. The lowest BCUT2D eigenvalue weighted by Gasteiger charge is -2.22. The molecule has 0 amide bonds. The van der Waals surface area contributed by atoms with Gasteiger partial charge in [0.1, 0.15) is 0 Å². The van der Waals surface area contributed by atoms with Crippen molar-refractivity contribution in [1.82, 2.24) is 0 Å². The van der Waals surface area contributed by atoms with Crippen LogP contribution in [0.5, 0.6) is 0 Å². The lowest BCUT2D eigenvalue weighted by molar-refractivity contribution is 0.142. The second kappa shape index (κ2) is 24.8. The maximum atomic E-state index is 12.8. The Morgan fingerprint density at radius 2 is 0.676 bits per heavy atom. The van der Waals surface area contributed by atoms with E-state index >= 15 is 0 Å². The predicted molar refractivity (Wildman–Crippen MR) is 152 cm³/mol. The molecule has 0 rings (SSSR count). The normalized spacial score (nSPS) is 12.3. The predicted octanol–water partition coefficient (Wildman–Crippen LogP) is 11.6. The van der Waals surface area contributed by atoms with Crippen LogP contribution in [-0.4, -0.2) is 18.4 Å². The fraction of sp³-hybridized carbons (Fsp3) is 1.00. The average Bonchev–Trinajstić information content (AvgIpc) is 2.76. The molecule has 0 aromatic carbocycles. The third-order valence-corrected chi connectivity index (χ3v) is 8.88. The van der Waals surface area contributed by atoms with E-state index in [1.54, 1.807) is 0 Å². The maximum absolute atomic E-state index is 12.8. The molecule has 0 spiro atoms. The van der Waals surface area contributed by atoms with Crippen molar-refractivity contribution in [2.75, 3.05) is 6.16 Å². The molecule has 0 aliphatic heterocycles. The molecule has 206 valence electrons. The van der Waals surface area contributed by atoms with Crippen LogP contribution in [0.15, 0.2) is 0 Å². The van der Waals surface area contributed by atoms with Crippen molar-refractivity contribution in [2.45, 2.75) is 188 Å². The van der Waals surface area contributed by atoms with Gasteiger partial charge in [-0.05, 0) is 34.1 Å². The number of hydrogen-bond acceptors (Lipinski definition) is 3. The molecule has 0 bridgehead atoms. The van der Waals surface area contributed by atoms with E-state index in [4.69, 9.17) is 9.05 Å². The number of unbranched alkanes of at least 4 members (excludes halogenated alkanes) is 21. The van der Waals surface area contributed by atoms with Crippen molar-refractivity contribution >= 4 is 7.60 Å². The molecule has 0 N–H and O–H groups in total. The van der Waals surface area contributed by atoms with E-state index in [0.29, 0.717) is 6.16 Å². The number of rotatable bonds is 27. The minimum atomic E-state index is -2.93. The molecule has 0 saturated heterocycles. The van der Waals surface area contributed by atoms with Crippen molar-refractivity contribution in [3.63, 3.8) is 0 Å². The van der Waals surface area contributed by atoms with Crippen molar-refractivity contribution in [1.29, 1.82) is 0 Å². The van der Waals surface area contributed by atoms with Gasteiger partial charge in [0.25, 0.3) is 0 Å². The van der Waals surface area contributed by atoms with Crippen LogP contribution in [0.3, 0.4) is 0 Å². The Morgan fingerprint density at radius 1 is 0.441 bits per heavy atom. The smallest absolute Gasteiger partial charge is 0.306 e. The summed E-state index contributed by atoms with van der Waals surface area (Å²) in [6, 6.07) is 0. The van der Waals surface area contributed by atoms with Gasteiger partial charge < -0.3 is 9.05 Å². The summed E-state index contributed by atoms with van der Waals surface area (Å²) in [5.41, 5.74) is 0. The van der Waals surface area contributed by atoms with E-state index < -0.39 is 7.60 Å². The summed E-state index contributed by atoms with van der Waals surface area (Å²) >= 11 is 0. The van der Waals surface area contributed by atoms with Crippen LogP contribution in [0.25, 0.3) is 0 Å². The van der Waals surface area contributed by atoms with Gasteiger partial charge in [-0.1, -0.05) is 142 Å². The highest BCUT2D eigenvalue weighted by atomic mass is 31.2. The lowest BCUT2D eigenvalue weighted by atomic mass is 10.0. The SMILES string of the molecule is CCCCCCCCCCCCCCCCCCCCCCCCP(=O)(OC(C)C)OC(C)C. The molecule has 0 saturated carbocycles. The topological polar surface area (TPSA) is 35.5 Å². The largest absolute Gasteiger partial charge is 0.331 e. The molecule has 0 fully saturated rings. The molecule has 0 aromatic heterocycles. The van der Waals surface area contributed by atoms with Crippen LogP contribution in [-0.2, 0) is 13.6 Å². The van der Waals surface area contributed by atoms with E-state index in [-0.39, 0.29) is 12.2 Å². The zero-order chi connectivity index (χ0) is 25.3. The Morgan fingerprint density at radius 3 is 0.912 bits per heavy atom. The van der Waals surface area contributed by atoms with E-state index in [9.17, 15) is 4.57 Å². The van der Waals surface area contributed by atoms with Crippen molar-refractivity contribution in [2.24, 2.45) is 0 Å². The van der Waals surface area contributed by atoms with Gasteiger partial charge in [-0.2, -0.15) is 0 Å². The van der Waals surface area contributed by atoms with Gasteiger partial charge >= 0.3 is 7.60 Å². The van der Waals surface area contributed by atoms with Crippen LogP contribution in [0.2, 0.25) is 0 Å². The third-order valence-electron chi connectivity index (χ3n) is 6.53. The molecule has 0 aliphatic carbocycles. The molecule has 3 nitrogen and oxygen atoms in total. The molecular weight excluding hydrogens is 439 g/mol. The minimum Gasteiger partial charge on any atom is -0.306 e. The Bertz CT molecular complexity index is 436. The van der Waals surface area contributed by atoms with Crippen LogP contribution in [0, 0.1) is 0 Å². The summed E-state index contributed by atoms with van der Waals surface area (Å²) in [7, 11) is -2.93. The van der Waals surface area contributed by atoms with E-state index in [1.165, 1.54) is 128 Å². The van der Waals surface area contributed by atoms with E-state index in [2.05, 4.69) is 6.92 Å². The van der Waals surface area contributed by atoms with Crippen molar-refractivity contribution in [3.05, 3.63) is 0 Å². The monoisotopic (exact) mass is 502 g/mol. The summed E-state index contributed by atoms with van der Waals surface area (Å²) in [4.78, 5) is 0. The highest BCUT2D eigenvalue weighted by Crippen LogP contribution is 2.51. The van der Waals surface area contributed by atoms with Gasteiger partial charge in [-0.15, -0.1) is 0 Å². The van der Waals surface area contributed by atoms with Crippen molar-refractivity contribution < 1.29 is 13.6 Å². The Balaban J connectivity index is 3.33. The molecule has 0 aliphatic rings. The van der Waals surface area contributed by atoms with Gasteiger partial charge in [0.15, 0.2) is 0 Å². The minimum absolute atomic E-state index is 0.0516. The molecular formula is C30H63O3P. The van der Waals surface area contributed by atoms with E-state index in [1.807, 2.05) is 27.7 Å². The summed E-state index contributed by atoms with van der Waals surface area (Å²) in [5, 5.41) is 0. The number of hydrogen-bond donors (Lipinski definition) is 0. The van der Waals surface area contributed by atoms with Gasteiger partial charge in [-0.25, -0.2) is 0 Å². The Kier molecular flexibility index (Phi) is 24.9. The first kappa shape index (κ1) is 34.1. The summed E-state index contributed by atoms with van der Waals surface area (Å²) < 4.78 is 24.1. The molecule has 34 heavy (non-hydrogen) atoms. The van der Waals surface area contributed by atoms with Crippen LogP contribution < -0.4 is 0 Å². The Labute approximate surface area is 215 Å². The third kappa shape index (κ3) is 25.2. The van der Waals surface area contributed by atoms with Gasteiger partial charge in [0.2, 0.25) is 0 Å². The molecule has 0 atom stereocenters. The average molecular weight is 503 g/mol. The van der Waals surface area contributed by atoms with Crippen LogP contribution in [0.4, 0.5) is 0 Å². The van der Waals surface area contributed by atoms with Crippen molar-refractivity contribution in [3.8, 4) is 0 Å². The summed E-state index contributed by atoms with van der Waals surface area (Å²) in [5.74, 6) is 0. The quantitative estimate of drug-likeness (QED) is 0.0827. The molecule has 0 heterocycles. The zero-order valence-corrected chi connectivity index (χ0v) is 25.0. The fourth-order valence-electron chi connectivity index (χ4n) is 4.69. The molecule has 4 heteroatoms. The molecule has 0 aromatic rings. The first-order valence-corrected chi connectivity index (χ1v) is 17.1. The van der Waals surface area contributed by atoms with E-state index in [0.717, 1.165) is 12.8 Å². The maximum Gasteiger partial charge on any atom is 0.331 e. The first-order chi connectivity index (χ1) is 16.4. The highest BCUT2D eigenvalue weighted by Gasteiger charge is 2.26. The second-order valence-corrected chi connectivity index (χ2v) is 13.2. The lowest BCUT2D eigenvalue weighted by Crippen LogP contribution is -2.10. The highest BCUT2D eigenvalue weighted by molar-refractivity contribution is 7.53. The van der Waals surface area contributed by atoms with Crippen LogP contribution >= 0.6 is 7.60 Å². The van der Waals surface area contributed by atoms with Gasteiger partial charge in [-0.3, -0.25) is 4.57 Å².